The van der Waals surface area contributed by atoms with Gasteiger partial charge in [-0.1, -0.05) is 19.9 Å². The zero-order valence-electron chi connectivity index (χ0n) is 39.8. The number of esters is 5. The molecule has 372 valence electrons. The topological polar surface area (TPSA) is 180 Å². The number of nitrogens with zero attached hydrogens (tertiary/aromatic N) is 1. The number of aromatic nitrogens is 1. The van der Waals surface area contributed by atoms with E-state index < -0.39 is 23.8 Å². The number of thiophene rings is 1. The summed E-state index contributed by atoms with van der Waals surface area (Å²) in [5, 5.41) is 2.64. The third-order valence-corrected chi connectivity index (χ3v) is 14.6. The minimum Gasteiger partial charge on any atom is -0.494 e. The number of thiazole rings is 1. The summed E-state index contributed by atoms with van der Waals surface area (Å²) in [5.74, 6) is -0.635. The van der Waals surface area contributed by atoms with Crippen LogP contribution in [0.3, 0.4) is 0 Å². The number of fused-ring (bicyclic) bond motifs is 1. The highest BCUT2D eigenvalue weighted by Crippen LogP contribution is 2.43. The van der Waals surface area contributed by atoms with Gasteiger partial charge in [0.15, 0.2) is 17.3 Å². The first kappa shape index (κ1) is 51.7. The minimum absolute atomic E-state index is 0.00236. The van der Waals surface area contributed by atoms with Gasteiger partial charge in [0.2, 0.25) is 0 Å². The number of carbonyl (C=O) groups is 6. The molecule has 16 heteroatoms. The molecule has 0 amide bonds. The number of unbranched alkanes of at least 4 members (excludes halogenated alkanes) is 3. The summed E-state index contributed by atoms with van der Waals surface area (Å²) in [4.78, 5) is 82.5. The highest BCUT2D eigenvalue weighted by atomic mass is 32.1. The van der Waals surface area contributed by atoms with E-state index >= 15 is 0 Å². The molecule has 2 aliphatic rings. The smallest absolute Gasteiger partial charge is 0.314 e. The van der Waals surface area contributed by atoms with Crippen molar-refractivity contribution in [1.82, 2.24) is 4.98 Å². The molecule has 0 radical (unpaired) electrons. The van der Waals surface area contributed by atoms with Gasteiger partial charge in [0.25, 0.3) is 0 Å². The largest absolute Gasteiger partial charge is 0.494 e. The Bertz CT molecular complexity index is 2520. The lowest BCUT2D eigenvalue weighted by atomic mass is 9.82. The Balaban J connectivity index is 0.858. The number of hydrogen-bond acceptors (Lipinski definition) is 16. The first-order valence-corrected chi connectivity index (χ1v) is 26.2. The quantitative estimate of drug-likeness (QED) is 0.0324. The Morgan fingerprint density at radius 1 is 0.543 bits per heavy atom. The summed E-state index contributed by atoms with van der Waals surface area (Å²) in [6.45, 7) is 4.90. The van der Waals surface area contributed by atoms with Crippen molar-refractivity contribution in [2.45, 2.75) is 117 Å². The molecule has 0 spiro atoms. The number of benzene rings is 3. The van der Waals surface area contributed by atoms with Crippen molar-refractivity contribution in [3.63, 3.8) is 0 Å². The van der Waals surface area contributed by atoms with Gasteiger partial charge in [-0.15, -0.1) is 22.7 Å². The van der Waals surface area contributed by atoms with Crippen LogP contribution in [-0.4, -0.2) is 60.4 Å². The fraction of sp³-hybridized carbons (Fsp3) is 0.463. The summed E-state index contributed by atoms with van der Waals surface area (Å²) in [6.07, 6.45) is 9.79. The summed E-state index contributed by atoms with van der Waals surface area (Å²) < 4.78 is 40.5. The fourth-order valence-corrected chi connectivity index (χ4v) is 10.3. The van der Waals surface area contributed by atoms with Crippen molar-refractivity contribution in [1.29, 1.82) is 0 Å². The standard InChI is InChI=1S/C54H61NO13S2/c1-3-10-39(56)34-64-41-23-27-43(28-24-41)66-52(59)36-15-19-38(20-16-36)54(61)68-45-30-29-44(48-49(45)70-50(55-48)46-12-9-33-69-46)67-53(60)37-17-13-35(14-18-37)51(58)65-42-25-21-40(22-26-42)62-31-7-5-6-8-32-63-47(57)11-4-2/h9,12,21-30,33,35-38H,3-8,10-11,13-20,31-32,34H2,1-2H3/t35-,36?,37-,38?. The van der Waals surface area contributed by atoms with E-state index in [4.69, 9.17) is 38.1 Å². The van der Waals surface area contributed by atoms with Crippen molar-refractivity contribution >= 4 is 68.5 Å². The molecule has 2 aliphatic carbocycles. The van der Waals surface area contributed by atoms with Crippen molar-refractivity contribution in [3.05, 3.63) is 78.2 Å². The zero-order valence-corrected chi connectivity index (χ0v) is 41.5. The molecule has 0 atom stereocenters. The Morgan fingerprint density at radius 2 is 1.03 bits per heavy atom. The maximum atomic E-state index is 13.6. The lowest BCUT2D eigenvalue weighted by Crippen LogP contribution is -2.30. The molecule has 0 aliphatic heterocycles. The summed E-state index contributed by atoms with van der Waals surface area (Å²) in [5.41, 5.74) is 0.412. The number of carbonyl (C=O) groups excluding carboxylic acids is 6. The highest BCUT2D eigenvalue weighted by molar-refractivity contribution is 7.25. The van der Waals surface area contributed by atoms with Gasteiger partial charge in [-0.05, 0) is 162 Å². The van der Waals surface area contributed by atoms with E-state index in [1.54, 1.807) is 60.7 Å². The zero-order chi connectivity index (χ0) is 49.2. The van der Waals surface area contributed by atoms with Crippen molar-refractivity contribution < 1.29 is 61.9 Å². The van der Waals surface area contributed by atoms with E-state index in [1.165, 1.54) is 22.7 Å². The molecule has 0 unspecified atom stereocenters. The number of rotatable bonds is 24. The van der Waals surface area contributed by atoms with Crippen LogP contribution in [0.25, 0.3) is 20.1 Å². The molecule has 0 bridgehead atoms. The predicted molar refractivity (Wildman–Crippen MR) is 264 cm³/mol. The molecular weight excluding hydrogens is 935 g/mol. The molecular formula is C54H61NO13S2. The van der Waals surface area contributed by atoms with E-state index in [0.717, 1.165) is 43.4 Å². The predicted octanol–water partition coefficient (Wildman–Crippen LogP) is 11.7. The molecule has 2 saturated carbocycles. The van der Waals surface area contributed by atoms with Gasteiger partial charge in [0.05, 0.1) is 41.8 Å². The maximum absolute atomic E-state index is 13.6. The van der Waals surface area contributed by atoms with Crippen LogP contribution in [0, 0.1) is 23.7 Å². The lowest BCUT2D eigenvalue weighted by molar-refractivity contribution is -0.145. The number of hydrogen-bond donors (Lipinski definition) is 0. The maximum Gasteiger partial charge on any atom is 0.314 e. The van der Waals surface area contributed by atoms with Crippen LogP contribution in [0.15, 0.2) is 78.2 Å². The van der Waals surface area contributed by atoms with E-state index in [0.29, 0.717) is 121 Å². The SMILES string of the molecule is CCCC(=O)COc1ccc(OC(=O)C2CCC(C(=O)Oc3ccc(OC(=O)[C@H]4CC[C@H](C(=O)Oc5ccc(OCCCCCCOC(=O)CCC)cc5)CC4)c4nc(-c5cccs5)sc34)CC2)cc1. The van der Waals surface area contributed by atoms with Crippen LogP contribution >= 0.6 is 22.7 Å². The van der Waals surface area contributed by atoms with Crippen LogP contribution in [0.2, 0.25) is 0 Å². The van der Waals surface area contributed by atoms with Gasteiger partial charge in [-0.2, -0.15) is 0 Å². The molecule has 2 fully saturated rings. The van der Waals surface area contributed by atoms with Gasteiger partial charge in [0, 0.05) is 12.8 Å². The Hall–Kier alpha value is -6.13. The molecule has 0 saturated heterocycles. The molecule has 0 N–H and O–H groups in total. The number of ether oxygens (including phenoxy) is 7. The van der Waals surface area contributed by atoms with E-state index in [1.807, 2.05) is 31.4 Å². The molecule has 7 rings (SSSR count). The molecule has 3 aromatic carbocycles. The van der Waals surface area contributed by atoms with Crippen molar-refractivity contribution in [2.24, 2.45) is 23.7 Å². The lowest BCUT2D eigenvalue weighted by Gasteiger charge is -2.26. The molecule has 70 heavy (non-hydrogen) atoms. The van der Waals surface area contributed by atoms with Crippen molar-refractivity contribution in [2.75, 3.05) is 19.8 Å². The van der Waals surface area contributed by atoms with Crippen LogP contribution in [-0.2, 0) is 33.5 Å². The Kier molecular flexibility index (Phi) is 19.3. The average molecular weight is 996 g/mol. The number of Topliss-reactive ketones (excluding diaryl/α,β-unsaturated/α-hetero) is 1. The van der Waals surface area contributed by atoms with Crippen molar-refractivity contribution in [3.8, 4) is 44.4 Å². The monoisotopic (exact) mass is 995 g/mol. The van der Waals surface area contributed by atoms with E-state index in [-0.39, 0.29) is 47.9 Å². The van der Waals surface area contributed by atoms with Gasteiger partial charge >= 0.3 is 29.8 Å². The van der Waals surface area contributed by atoms with Crippen LogP contribution in [0.1, 0.15) is 117 Å². The minimum atomic E-state index is -0.424. The summed E-state index contributed by atoms with van der Waals surface area (Å²) in [7, 11) is 0. The normalized spacial score (nSPS) is 17.8. The Morgan fingerprint density at radius 3 is 1.56 bits per heavy atom. The second-order valence-electron chi connectivity index (χ2n) is 17.8. The van der Waals surface area contributed by atoms with Gasteiger partial charge in [0.1, 0.15) is 44.8 Å². The highest BCUT2D eigenvalue weighted by Gasteiger charge is 2.35. The van der Waals surface area contributed by atoms with Crippen LogP contribution < -0.4 is 28.4 Å². The molecule has 5 aromatic rings. The summed E-state index contributed by atoms with van der Waals surface area (Å²) in [6, 6.07) is 20.7. The average Bonchev–Trinajstić information content (AvgIpc) is 4.08. The fourth-order valence-electron chi connectivity index (χ4n) is 8.47. The van der Waals surface area contributed by atoms with Gasteiger partial charge < -0.3 is 33.2 Å². The first-order valence-electron chi connectivity index (χ1n) is 24.5. The molecule has 14 nitrogen and oxygen atoms in total. The second kappa shape index (κ2) is 26.2. The summed E-state index contributed by atoms with van der Waals surface area (Å²) >= 11 is 2.87. The van der Waals surface area contributed by atoms with E-state index in [2.05, 4.69) is 0 Å². The van der Waals surface area contributed by atoms with Gasteiger partial charge in [-0.25, -0.2) is 4.98 Å². The Labute approximate surface area is 416 Å². The first-order chi connectivity index (χ1) is 34.1. The molecule has 2 aromatic heterocycles. The van der Waals surface area contributed by atoms with Crippen LogP contribution in [0.5, 0.6) is 34.5 Å². The van der Waals surface area contributed by atoms with Crippen LogP contribution in [0.4, 0.5) is 0 Å². The van der Waals surface area contributed by atoms with Gasteiger partial charge in [-0.3, -0.25) is 28.8 Å². The number of ketones is 1. The third kappa shape index (κ3) is 14.9. The van der Waals surface area contributed by atoms with E-state index in [9.17, 15) is 28.8 Å². The second-order valence-corrected chi connectivity index (χ2v) is 19.7. The molecule has 2 heterocycles. The third-order valence-electron chi connectivity index (χ3n) is 12.4.